The molecule has 17 heavy (non-hydrogen) atoms. The lowest BCUT2D eigenvalue weighted by atomic mass is 9.90. The first kappa shape index (κ1) is 12.1. The summed E-state index contributed by atoms with van der Waals surface area (Å²) < 4.78 is 10.7. The Morgan fingerprint density at radius 1 is 1.35 bits per heavy atom. The predicted octanol–water partition coefficient (Wildman–Crippen LogP) is 1.03. The number of amides is 1. The Bertz CT molecular complexity index is 358. The molecule has 2 heterocycles. The molecule has 5 nitrogen and oxygen atoms in total. The van der Waals surface area contributed by atoms with Gasteiger partial charge in [0.15, 0.2) is 0 Å². The van der Waals surface area contributed by atoms with Crippen LogP contribution in [0.25, 0.3) is 0 Å². The maximum absolute atomic E-state index is 11.6. The predicted molar refractivity (Wildman–Crippen MR) is 60.5 cm³/mol. The fourth-order valence-corrected chi connectivity index (χ4v) is 2.12. The first-order chi connectivity index (χ1) is 7.90. The van der Waals surface area contributed by atoms with E-state index in [0.717, 1.165) is 6.29 Å². The molecule has 2 aliphatic rings. The summed E-state index contributed by atoms with van der Waals surface area (Å²) in [5.74, 6) is -0.322. The van der Waals surface area contributed by atoms with Gasteiger partial charge in [0.25, 0.3) is 0 Å². The molecule has 0 aromatic carbocycles. The number of fused-ring (bicyclic) bond motifs is 2. The van der Waals surface area contributed by atoms with Crippen LogP contribution in [0.15, 0.2) is 12.2 Å². The molecule has 0 aliphatic carbocycles. The van der Waals surface area contributed by atoms with Gasteiger partial charge in [-0.25, -0.2) is 4.79 Å². The van der Waals surface area contributed by atoms with Gasteiger partial charge < -0.3 is 19.6 Å². The molecule has 0 aromatic rings. The summed E-state index contributed by atoms with van der Waals surface area (Å²) in [4.78, 5) is 22.6. The average Bonchev–Trinajstić information content (AvgIpc) is 2.74. The molecule has 2 bridgehead atoms. The van der Waals surface area contributed by atoms with E-state index in [1.165, 1.54) is 0 Å². The Kier molecular flexibility index (Phi) is 2.95. The molecule has 94 valence electrons. The van der Waals surface area contributed by atoms with E-state index >= 15 is 0 Å². The summed E-state index contributed by atoms with van der Waals surface area (Å²) >= 11 is 0. The van der Waals surface area contributed by atoms with Gasteiger partial charge >= 0.3 is 6.09 Å². The Hall–Kier alpha value is -1.36. The number of ether oxygens (including phenoxy) is 2. The highest BCUT2D eigenvalue weighted by atomic mass is 16.6. The molecule has 4 unspecified atom stereocenters. The van der Waals surface area contributed by atoms with Crippen LogP contribution >= 0.6 is 0 Å². The summed E-state index contributed by atoms with van der Waals surface area (Å²) in [5.41, 5.74) is -0.547. The van der Waals surface area contributed by atoms with Crippen LogP contribution in [-0.2, 0) is 14.3 Å². The van der Waals surface area contributed by atoms with E-state index in [-0.39, 0.29) is 24.2 Å². The second-order valence-electron chi connectivity index (χ2n) is 5.34. The molecule has 2 rings (SSSR count). The Labute approximate surface area is 100 Å². The van der Waals surface area contributed by atoms with Crippen LogP contribution in [0.4, 0.5) is 4.79 Å². The Balaban J connectivity index is 1.97. The minimum absolute atomic E-state index is 0.211. The normalized spacial score (nSPS) is 34.8. The highest BCUT2D eigenvalue weighted by Gasteiger charge is 2.46. The van der Waals surface area contributed by atoms with Crippen LogP contribution in [0.2, 0.25) is 0 Å². The quantitative estimate of drug-likeness (QED) is 0.577. The molecule has 5 heteroatoms. The van der Waals surface area contributed by atoms with Crippen LogP contribution < -0.4 is 5.32 Å². The molecule has 1 fully saturated rings. The maximum Gasteiger partial charge on any atom is 0.407 e. The monoisotopic (exact) mass is 239 g/mol. The van der Waals surface area contributed by atoms with Crippen molar-refractivity contribution in [3.8, 4) is 0 Å². The van der Waals surface area contributed by atoms with Crippen molar-refractivity contribution in [1.29, 1.82) is 0 Å². The van der Waals surface area contributed by atoms with Crippen molar-refractivity contribution in [2.24, 2.45) is 5.92 Å². The van der Waals surface area contributed by atoms with Gasteiger partial charge in [-0.05, 0) is 20.8 Å². The van der Waals surface area contributed by atoms with E-state index < -0.39 is 11.7 Å². The van der Waals surface area contributed by atoms with Crippen LogP contribution in [0.1, 0.15) is 20.8 Å². The van der Waals surface area contributed by atoms with E-state index in [9.17, 15) is 9.59 Å². The van der Waals surface area contributed by atoms with Crippen molar-refractivity contribution in [2.45, 2.75) is 44.6 Å². The van der Waals surface area contributed by atoms with Gasteiger partial charge in [0.2, 0.25) is 0 Å². The smallest absolute Gasteiger partial charge is 0.407 e. The molecule has 0 spiro atoms. The molecule has 4 atom stereocenters. The highest BCUT2D eigenvalue weighted by Crippen LogP contribution is 2.33. The Morgan fingerprint density at radius 3 is 2.59 bits per heavy atom. The number of rotatable bonds is 2. The van der Waals surface area contributed by atoms with E-state index in [1.54, 1.807) is 20.8 Å². The number of hydrogen-bond acceptors (Lipinski definition) is 4. The summed E-state index contributed by atoms with van der Waals surface area (Å²) in [5, 5.41) is 2.70. The van der Waals surface area contributed by atoms with Crippen LogP contribution in [0, 0.1) is 5.92 Å². The molecular weight excluding hydrogens is 222 g/mol. The van der Waals surface area contributed by atoms with Gasteiger partial charge in [-0.1, -0.05) is 12.2 Å². The molecule has 1 N–H and O–H groups in total. The number of carbonyl (C=O) groups excluding carboxylic acids is 2. The first-order valence-electron chi connectivity index (χ1n) is 5.69. The van der Waals surface area contributed by atoms with Crippen molar-refractivity contribution in [2.75, 3.05) is 0 Å². The third-order valence-corrected chi connectivity index (χ3v) is 2.79. The molecule has 1 amide bonds. The molecule has 1 saturated heterocycles. The lowest BCUT2D eigenvalue weighted by Crippen LogP contribution is -2.47. The third kappa shape index (κ3) is 2.49. The minimum Gasteiger partial charge on any atom is -0.444 e. The van der Waals surface area contributed by atoms with Crippen LogP contribution in [-0.4, -0.2) is 36.2 Å². The van der Waals surface area contributed by atoms with Crippen molar-refractivity contribution < 1.29 is 19.1 Å². The van der Waals surface area contributed by atoms with E-state index in [2.05, 4.69) is 5.32 Å². The summed E-state index contributed by atoms with van der Waals surface area (Å²) in [6.07, 6.45) is 3.61. The second kappa shape index (κ2) is 4.14. The van der Waals surface area contributed by atoms with Gasteiger partial charge in [0, 0.05) is 0 Å². The minimum atomic E-state index is -0.547. The van der Waals surface area contributed by atoms with Gasteiger partial charge in [-0.15, -0.1) is 0 Å². The topological polar surface area (TPSA) is 64.6 Å². The molecule has 0 saturated carbocycles. The van der Waals surface area contributed by atoms with Crippen LogP contribution in [0.5, 0.6) is 0 Å². The highest BCUT2D eigenvalue weighted by molar-refractivity contribution is 5.70. The zero-order chi connectivity index (χ0) is 12.6. The van der Waals surface area contributed by atoms with Gasteiger partial charge in [0.05, 0.1) is 24.2 Å². The average molecular weight is 239 g/mol. The summed E-state index contributed by atoms with van der Waals surface area (Å²) in [6, 6.07) is -0.322. The van der Waals surface area contributed by atoms with Gasteiger partial charge in [0.1, 0.15) is 11.9 Å². The standard InChI is InChI=1S/C12H17NO4/c1-12(2,3)17-11(15)13-10-7(6-14)8-4-5-9(10)16-8/h4-10H,1-3H3,(H,13,15). The fraction of sp³-hybridized carbons (Fsp3) is 0.667. The number of nitrogens with one attached hydrogen (secondary N) is 1. The number of alkyl carbamates (subject to hydrolysis) is 1. The summed E-state index contributed by atoms with van der Waals surface area (Å²) in [6.45, 7) is 5.38. The number of aldehydes is 1. The number of carbonyl (C=O) groups is 2. The Morgan fingerprint density at radius 2 is 2.00 bits per heavy atom. The van der Waals surface area contributed by atoms with Crippen LogP contribution in [0.3, 0.4) is 0 Å². The maximum atomic E-state index is 11.6. The van der Waals surface area contributed by atoms with E-state index in [4.69, 9.17) is 9.47 Å². The lowest BCUT2D eigenvalue weighted by Gasteiger charge is -2.25. The van der Waals surface area contributed by atoms with Crippen molar-refractivity contribution in [1.82, 2.24) is 5.32 Å². The SMILES string of the molecule is CC(C)(C)OC(=O)NC1C2C=CC(O2)C1C=O. The zero-order valence-corrected chi connectivity index (χ0v) is 10.2. The van der Waals surface area contributed by atoms with E-state index in [0.29, 0.717) is 0 Å². The number of hydrogen-bond donors (Lipinski definition) is 1. The molecule has 0 radical (unpaired) electrons. The van der Waals surface area contributed by atoms with Gasteiger partial charge in [-0.2, -0.15) is 0 Å². The lowest BCUT2D eigenvalue weighted by molar-refractivity contribution is -0.112. The molecule has 2 aliphatic heterocycles. The summed E-state index contributed by atoms with van der Waals surface area (Å²) in [7, 11) is 0. The largest absolute Gasteiger partial charge is 0.444 e. The van der Waals surface area contributed by atoms with Gasteiger partial charge in [-0.3, -0.25) is 0 Å². The van der Waals surface area contributed by atoms with Crippen molar-refractivity contribution in [3.05, 3.63) is 12.2 Å². The molecular formula is C12H17NO4. The van der Waals surface area contributed by atoms with Crippen molar-refractivity contribution >= 4 is 12.4 Å². The zero-order valence-electron chi connectivity index (χ0n) is 10.2. The fourth-order valence-electron chi connectivity index (χ4n) is 2.12. The van der Waals surface area contributed by atoms with E-state index in [1.807, 2.05) is 12.2 Å². The first-order valence-corrected chi connectivity index (χ1v) is 5.69. The third-order valence-electron chi connectivity index (χ3n) is 2.79. The van der Waals surface area contributed by atoms with Crippen molar-refractivity contribution in [3.63, 3.8) is 0 Å². The molecule has 0 aromatic heterocycles. The second-order valence-corrected chi connectivity index (χ2v) is 5.34.